The largest absolute Gasteiger partial charge is 0.416 e. The molecule has 2 N–H and O–H groups in total. The zero-order valence-electron chi connectivity index (χ0n) is 8.96. The monoisotopic (exact) mass is 240 g/mol. The Morgan fingerprint density at radius 3 is 2.53 bits per heavy atom. The summed E-state index contributed by atoms with van der Waals surface area (Å²) >= 11 is 0. The maximum atomic E-state index is 12.5. The van der Waals surface area contributed by atoms with Crippen LogP contribution in [0.25, 0.3) is 6.08 Å². The molecule has 0 saturated heterocycles. The molecule has 0 saturated carbocycles. The standard InChI is InChI=1S/C12H11F3N2/c13-12(14,15)11-6-9(3-1-2-4-16)5-10(7-11)8-17/h1,3,5-7H,2,4,16H2. The Balaban J connectivity index is 3.11. The summed E-state index contributed by atoms with van der Waals surface area (Å²) in [7, 11) is 0. The first kappa shape index (κ1) is 13.3. The molecular formula is C12H11F3N2. The smallest absolute Gasteiger partial charge is 0.330 e. The minimum absolute atomic E-state index is 0.00720. The lowest BCUT2D eigenvalue weighted by Gasteiger charge is -2.07. The average Bonchev–Trinajstić information content (AvgIpc) is 2.28. The van der Waals surface area contributed by atoms with Crippen molar-refractivity contribution in [2.24, 2.45) is 5.73 Å². The highest BCUT2D eigenvalue weighted by atomic mass is 19.4. The molecule has 0 radical (unpaired) electrons. The summed E-state index contributed by atoms with van der Waals surface area (Å²) < 4.78 is 37.6. The van der Waals surface area contributed by atoms with Crippen LogP contribution in [0.15, 0.2) is 24.3 Å². The fourth-order valence-corrected chi connectivity index (χ4v) is 1.29. The zero-order chi connectivity index (χ0) is 12.9. The SMILES string of the molecule is N#Cc1cc(C=CCCN)cc(C(F)(F)F)c1. The molecule has 0 aromatic heterocycles. The van der Waals surface area contributed by atoms with Crippen LogP contribution in [-0.2, 0) is 6.18 Å². The lowest BCUT2D eigenvalue weighted by atomic mass is 10.1. The summed E-state index contributed by atoms with van der Waals surface area (Å²) in [6.07, 6.45) is -0.652. The highest BCUT2D eigenvalue weighted by molar-refractivity contribution is 5.54. The number of rotatable bonds is 3. The molecule has 0 aliphatic carbocycles. The predicted molar refractivity (Wildman–Crippen MR) is 58.9 cm³/mol. The van der Waals surface area contributed by atoms with Crippen molar-refractivity contribution in [3.63, 3.8) is 0 Å². The van der Waals surface area contributed by atoms with Gasteiger partial charge in [0.15, 0.2) is 0 Å². The van der Waals surface area contributed by atoms with Gasteiger partial charge in [-0.05, 0) is 36.7 Å². The second-order valence-corrected chi connectivity index (χ2v) is 3.43. The fraction of sp³-hybridized carbons (Fsp3) is 0.250. The topological polar surface area (TPSA) is 49.8 Å². The molecule has 0 unspecified atom stereocenters. The van der Waals surface area contributed by atoms with Crippen molar-refractivity contribution in [3.05, 3.63) is 41.0 Å². The molecule has 0 spiro atoms. The summed E-state index contributed by atoms with van der Waals surface area (Å²) in [5.74, 6) is 0. The molecule has 90 valence electrons. The van der Waals surface area contributed by atoms with Crippen molar-refractivity contribution < 1.29 is 13.2 Å². The Bertz CT molecular complexity index is 456. The van der Waals surface area contributed by atoms with Crippen LogP contribution in [0.3, 0.4) is 0 Å². The highest BCUT2D eigenvalue weighted by Crippen LogP contribution is 2.30. The van der Waals surface area contributed by atoms with Crippen molar-refractivity contribution in [3.8, 4) is 6.07 Å². The van der Waals surface area contributed by atoms with E-state index in [9.17, 15) is 13.2 Å². The second-order valence-electron chi connectivity index (χ2n) is 3.43. The summed E-state index contributed by atoms with van der Waals surface area (Å²) in [5, 5.41) is 8.66. The molecule has 0 bridgehead atoms. The van der Waals surface area contributed by atoms with E-state index in [0.29, 0.717) is 18.5 Å². The molecule has 17 heavy (non-hydrogen) atoms. The van der Waals surface area contributed by atoms with E-state index in [1.165, 1.54) is 12.1 Å². The first-order chi connectivity index (χ1) is 7.97. The van der Waals surface area contributed by atoms with Crippen molar-refractivity contribution >= 4 is 6.08 Å². The minimum Gasteiger partial charge on any atom is -0.330 e. The van der Waals surface area contributed by atoms with E-state index in [4.69, 9.17) is 11.0 Å². The normalized spacial score (nSPS) is 11.7. The van der Waals surface area contributed by atoms with E-state index in [1.807, 2.05) is 0 Å². The number of nitrogens with two attached hydrogens (primary N) is 1. The molecule has 1 aromatic carbocycles. The molecule has 0 aliphatic heterocycles. The van der Waals surface area contributed by atoms with Crippen molar-refractivity contribution in [1.82, 2.24) is 0 Å². The van der Waals surface area contributed by atoms with Crippen molar-refractivity contribution in [2.75, 3.05) is 6.54 Å². The fourth-order valence-electron chi connectivity index (χ4n) is 1.29. The van der Waals surface area contributed by atoms with Gasteiger partial charge in [0, 0.05) is 0 Å². The minimum atomic E-state index is -4.44. The third-order valence-corrected chi connectivity index (χ3v) is 2.06. The van der Waals surface area contributed by atoms with Crippen molar-refractivity contribution in [1.29, 1.82) is 5.26 Å². The van der Waals surface area contributed by atoms with Gasteiger partial charge < -0.3 is 5.73 Å². The first-order valence-corrected chi connectivity index (χ1v) is 4.96. The number of hydrogen-bond acceptors (Lipinski definition) is 2. The third kappa shape index (κ3) is 3.93. The third-order valence-electron chi connectivity index (χ3n) is 2.06. The number of halogens is 3. The predicted octanol–water partition coefficient (Wildman–Crippen LogP) is 2.94. The average molecular weight is 240 g/mol. The van der Waals surface area contributed by atoms with Gasteiger partial charge in [0.1, 0.15) is 0 Å². The molecule has 0 heterocycles. The maximum Gasteiger partial charge on any atom is 0.416 e. The lowest BCUT2D eigenvalue weighted by Crippen LogP contribution is -2.05. The molecule has 0 aliphatic rings. The van der Waals surface area contributed by atoms with Gasteiger partial charge >= 0.3 is 6.18 Å². The number of benzene rings is 1. The van der Waals surface area contributed by atoms with Crippen molar-refractivity contribution in [2.45, 2.75) is 12.6 Å². The van der Waals surface area contributed by atoms with Gasteiger partial charge in [-0.15, -0.1) is 0 Å². The zero-order valence-corrected chi connectivity index (χ0v) is 8.96. The number of alkyl halides is 3. The van der Waals surface area contributed by atoms with E-state index < -0.39 is 11.7 Å². The van der Waals surface area contributed by atoms with Gasteiger partial charge in [0.2, 0.25) is 0 Å². The number of hydrogen-bond donors (Lipinski definition) is 1. The van der Waals surface area contributed by atoms with Crippen LogP contribution in [-0.4, -0.2) is 6.54 Å². The van der Waals surface area contributed by atoms with Gasteiger partial charge in [-0.2, -0.15) is 18.4 Å². The van der Waals surface area contributed by atoms with E-state index in [1.54, 1.807) is 12.1 Å². The van der Waals surface area contributed by atoms with Crippen LogP contribution in [0.1, 0.15) is 23.1 Å². The van der Waals surface area contributed by atoms with Crippen LogP contribution >= 0.6 is 0 Å². The van der Waals surface area contributed by atoms with E-state index in [-0.39, 0.29) is 5.56 Å². The van der Waals surface area contributed by atoms with E-state index in [0.717, 1.165) is 12.1 Å². The van der Waals surface area contributed by atoms with Gasteiger partial charge in [-0.1, -0.05) is 12.2 Å². The highest BCUT2D eigenvalue weighted by Gasteiger charge is 2.30. The van der Waals surface area contributed by atoms with E-state index in [2.05, 4.69) is 0 Å². The quantitative estimate of drug-likeness (QED) is 0.883. The second kappa shape index (κ2) is 5.51. The summed E-state index contributed by atoms with van der Waals surface area (Å²) in [6.45, 7) is 0.431. The Hall–Kier alpha value is -1.80. The maximum absolute atomic E-state index is 12.5. The van der Waals surface area contributed by atoms with Gasteiger partial charge in [-0.3, -0.25) is 0 Å². The first-order valence-electron chi connectivity index (χ1n) is 4.96. The van der Waals surface area contributed by atoms with Crippen LogP contribution in [0.4, 0.5) is 13.2 Å². The van der Waals surface area contributed by atoms with E-state index >= 15 is 0 Å². The van der Waals surface area contributed by atoms with Crippen LogP contribution in [0, 0.1) is 11.3 Å². The lowest BCUT2D eigenvalue weighted by molar-refractivity contribution is -0.137. The molecule has 1 rings (SSSR count). The number of nitrogens with zero attached hydrogens (tertiary/aromatic N) is 1. The summed E-state index contributed by atoms with van der Waals surface area (Å²) in [6, 6.07) is 4.96. The summed E-state index contributed by atoms with van der Waals surface area (Å²) in [4.78, 5) is 0. The molecule has 2 nitrogen and oxygen atoms in total. The number of nitriles is 1. The molecule has 1 aromatic rings. The van der Waals surface area contributed by atoms with Gasteiger partial charge in [0.05, 0.1) is 17.2 Å². The van der Waals surface area contributed by atoms with Gasteiger partial charge in [-0.25, -0.2) is 0 Å². The Labute approximate surface area is 97.2 Å². The summed E-state index contributed by atoms with van der Waals surface area (Å²) in [5.41, 5.74) is 4.79. The van der Waals surface area contributed by atoms with Gasteiger partial charge in [0.25, 0.3) is 0 Å². The Morgan fingerprint density at radius 2 is 2.00 bits per heavy atom. The molecule has 0 fully saturated rings. The Morgan fingerprint density at radius 1 is 1.29 bits per heavy atom. The molecule has 5 heteroatoms. The molecule has 0 atom stereocenters. The van der Waals surface area contributed by atoms with Crippen LogP contribution in [0.2, 0.25) is 0 Å². The van der Waals surface area contributed by atoms with Crippen LogP contribution < -0.4 is 5.73 Å². The molecule has 0 amide bonds. The molecular weight excluding hydrogens is 229 g/mol. The Kier molecular flexibility index (Phi) is 4.30. The van der Waals surface area contributed by atoms with Crippen LogP contribution in [0.5, 0.6) is 0 Å².